The second-order valence-electron chi connectivity index (χ2n) is 7.28. The van der Waals surface area contributed by atoms with Crippen molar-refractivity contribution >= 4 is 38.8 Å². The first kappa shape index (κ1) is 21.9. The van der Waals surface area contributed by atoms with Crippen LogP contribution >= 0.6 is 0 Å². The number of hydrogen-bond acceptors (Lipinski definition) is 2. The van der Waals surface area contributed by atoms with Crippen LogP contribution in [-0.4, -0.2) is 41.6 Å². The Morgan fingerprint density at radius 3 is 1.93 bits per heavy atom. The summed E-state index contributed by atoms with van der Waals surface area (Å²) in [6.07, 6.45) is 2.62. The van der Waals surface area contributed by atoms with Crippen molar-refractivity contribution in [2.45, 2.75) is 34.1 Å². The molecule has 1 N–H and O–H groups in total. The van der Waals surface area contributed by atoms with Gasteiger partial charge in [0.05, 0.1) is 0 Å². The van der Waals surface area contributed by atoms with Gasteiger partial charge in [-0.05, 0) is 0 Å². The van der Waals surface area contributed by atoms with E-state index in [2.05, 4.69) is 57.2 Å². The van der Waals surface area contributed by atoms with E-state index in [1.54, 1.807) is 6.26 Å². The quantitative estimate of drug-likeness (QED) is 0.340. The van der Waals surface area contributed by atoms with Crippen LogP contribution in [0.2, 0.25) is 0 Å². The minimum atomic E-state index is -0.00356. The van der Waals surface area contributed by atoms with Crippen molar-refractivity contribution in [3.05, 3.63) is 81.6 Å². The van der Waals surface area contributed by atoms with Crippen LogP contribution in [0.15, 0.2) is 81.6 Å². The molecule has 2 rings (SSSR count). The van der Waals surface area contributed by atoms with Crippen molar-refractivity contribution in [3.63, 3.8) is 0 Å². The van der Waals surface area contributed by atoms with Crippen LogP contribution in [0.4, 0.5) is 0 Å². The zero-order valence-corrected chi connectivity index (χ0v) is 19.9. The Bertz CT molecular complexity index is 760. The van der Waals surface area contributed by atoms with Crippen molar-refractivity contribution in [2.24, 2.45) is 5.41 Å². The van der Waals surface area contributed by atoms with Crippen molar-refractivity contribution in [1.82, 2.24) is 0 Å². The predicted octanol–water partition coefficient (Wildman–Crippen LogP) is 4.13. The normalized spacial score (nSPS) is 13.3. The maximum atomic E-state index is 11.2. The first-order valence-electron chi connectivity index (χ1n) is 9.09. The van der Waals surface area contributed by atoms with Crippen LogP contribution in [-0.2, 0) is 4.74 Å². The van der Waals surface area contributed by atoms with Crippen LogP contribution in [0.5, 0.6) is 0 Å². The molecule has 2 aromatic carbocycles. The van der Waals surface area contributed by atoms with Gasteiger partial charge >= 0.3 is 176 Å². The predicted molar refractivity (Wildman–Crippen MR) is 117 cm³/mol. The molecule has 0 aliphatic heterocycles. The third-order valence-electron chi connectivity index (χ3n) is 3.50. The van der Waals surface area contributed by atoms with E-state index in [1.165, 1.54) is 8.92 Å². The monoisotopic (exact) mass is 496 g/mol. The van der Waals surface area contributed by atoms with Crippen molar-refractivity contribution in [3.8, 4) is 0 Å². The van der Waals surface area contributed by atoms with Gasteiger partial charge in [0.1, 0.15) is 0 Å². The molecule has 0 saturated carbocycles. The Morgan fingerprint density at radius 1 is 0.926 bits per heavy atom. The molecule has 0 atom stereocenters. The van der Waals surface area contributed by atoms with E-state index in [-0.39, 0.29) is 35.3 Å². The molecule has 0 unspecified atom stereocenters. The van der Waals surface area contributed by atoms with Gasteiger partial charge in [0.25, 0.3) is 0 Å². The third kappa shape index (κ3) is 7.99. The van der Waals surface area contributed by atoms with E-state index >= 15 is 0 Å². The standard InChI is InChI=1S/C23H28O2Se2/c1-5-25-17-21(27-19-14-10-7-11-15-19)22(24)20(16-23(2,3)4)26-18-12-8-6-9-13-18/h6-15,17,24H,5,16H2,1-4H3/b21-17-,22-20+. The fourth-order valence-corrected chi connectivity index (χ4v) is 7.21. The summed E-state index contributed by atoms with van der Waals surface area (Å²) in [6.45, 7) is 9.22. The summed E-state index contributed by atoms with van der Waals surface area (Å²) in [5, 5.41) is 11.2. The fourth-order valence-electron chi connectivity index (χ4n) is 2.32. The molecule has 0 aromatic heterocycles. The molecular weight excluding hydrogens is 466 g/mol. The molecule has 27 heavy (non-hydrogen) atoms. The average molecular weight is 494 g/mol. The number of rotatable bonds is 8. The Kier molecular flexibility index (Phi) is 8.73. The van der Waals surface area contributed by atoms with Gasteiger partial charge in [-0.15, -0.1) is 0 Å². The van der Waals surface area contributed by atoms with Gasteiger partial charge in [0.2, 0.25) is 0 Å². The zero-order valence-electron chi connectivity index (χ0n) is 16.4. The molecule has 0 fully saturated rings. The molecule has 0 heterocycles. The third-order valence-corrected chi connectivity index (χ3v) is 7.93. The zero-order chi connectivity index (χ0) is 19.7. The summed E-state index contributed by atoms with van der Waals surface area (Å²) in [5.74, 6) is 0.422. The number of aliphatic hydroxyl groups is 1. The SMILES string of the molecule is CCO/C=C([Se]c1ccccc1)/C(O)=C(/CC(C)(C)C)[Se]c1ccccc1. The number of aliphatic hydroxyl groups excluding tert-OH is 1. The second-order valence-corrected chi connectivity index (χ2v) is 12.1. The van der Waals surface area contributed by atoms with Gasteiger partial charge in [-0.1, -0.05) is 0 Å². The molecule has 0 aliphatic carbocycles. The number of ether oxygens (including phenoxy) is 1. The van der Waals surface area contributed by atoms with E-state index in [0.29, 0.717) is 12.4 Å². The molecule has 144 valence electrons. The summed E-state index contributed by atoms with van der Waals surface area (Å²) < 4.78 is 10.1. The molecule has 2 nitrogen and oxygen atoms in total. The molecule has 0 spiro atoms. The second kappa shape index (κ2) is 10.8. The van der Waals surface area contributed by atoms with Gasteiger partial charge in [0, 0.05) is 0 Å². The summed E-state index contributed by atoms with van der Waals surface area (Å²) in [7, 11) is 0. The Hall–Kier alpha value is -1.44. The fraction of sp³-hybridized carbons (Fsp3) is 0.304. The topological polar surface area (TPSA) is 29.5 Å². The van der Waals surface area contributed by atoms with Crippen LogP contribution in [0.3, 0.4) is 0 Å². The Balaban J connectivity index is 2.39. The van der Waals surface area contributed by atoms with Gasteiger partial charge in [-0.25, -0.2) is 0 Å². The van der Waals surface area contributed by atoms with E-state index in [1.807, 2.05) is 31.2 Å². The van der Waals surface area contributed by atoms with E-state index in [0.717, 1.165) is 15.4 Å². The average Bonchev–Trinajstić information content (AvgIpc) is 2.64. The molecular formula is C23H28O2Se2. The van der Waals surface area contributed by atoms with E-state index in [9.17, 15) is 5.11 Å². The molecule has 0 bridgehead atoms. The van der Waals surface area contributed by atoms with Crippen LogP contribution in [0.1, 0.15) is 34.1 Å². The molecule has 0 radical (unpaired) electrons. The van der Waals surface area contributed by atoms with Gasteiger partial charge in [-0.2, -0.15) is 0 Å². The Labute approximate surface area is 176 Å². The van der Waals surface area contributed by atoms with E-state index < -0.39 is 0 Å². The molecule has 0 saturated heterocycles. The van der Waals surface area contributed by atoms with Crippen molar-refractivity contribution < 1.29 is 9.84 Å². The molecule has 4 heteroatoms. The van der Waals surface area contributed by atoms with Crippen LogP contribution in [0.25, 0.3) is 0 Å². The van der Waals surface area contributed by atoms with Gasteiger partial charge in [0.15, 0.2) is 0 Å². The first-order valence-corrected chi connectivity index (χ1v) is 12.5. The summed E-state index contributed by atoms with van der Waals surface area (Å²) >= 11 is 0.0765. The maximum absolute atomic E-state index is 11.2. The van der Waals surface area contributed by atoms with Crippen LogP contribution in [0, 0.1) is 5.41 Å². The first-order chi connectivity index (χ1) is 12.9. The summed E-state index contributed by atoms with van der Waals surface area (Å²) in [6, 6.07) is 20.8. The minimum absolute atomic E-state index is 0.00356. The van der Waals surface area contributed by atoms with Crippen LogP contribution < -0.4 is 8.92 Å². The molecule has 0 aliphatic rings. The van der Waals surface area contributed by atoms with Gasteiger partial charge < -0.3 is 0 Å². The summed E-state index contributed by atoms with van der Waals surface area (Å²) in [5.41, 5.74) is 0.107. The van der Waals surface area contributed by atoms with Crippen molar-refractivity contribution in [2.75, 3.05) is 6.61 Å². The van der Waals surface area contributed by atoms with Crippen molar-refractivity contribution in [1.29, 1.82) is 0 Å². The number of hydrogen-bond donors (Lipinski definition) is 1. The van der Waals surface area contributed by atoms with Gasteiger partial charge in [-0.3, -0.25) is 0 Å². The molecule has 2 aromatic rings. The number of allylic oxidation sites excluding steroid dienone is 2. The Morgan fingerprint density at radius 2 is 1.44 bits per heavy atom. The molecule has 0 amide bonds. The van der Waals surface area contributed by atoms with E-state index in [4.69, 9.17) is 4.74 Å². The summed E-state index contributed by atoms with van der Waals surface area (Å²) in [4.78, 5) is 0. The number of benzene rings is 2.